The number of para-hydroxylation sites is 1. The summed E-state index contributed by atoms with van der Waals surface area (Å²) < 4.78 is 1.86. The number of aryl methyl sites for hydroxylation is 2. The molecule has 39 heavy (non-hydrogen) atoms. The van der Waals surface area contributed by atoms with Gasteiger partial charge in [-0.2, -0.15) is 10.4 Å². The minimum Gasteiger partial charge on any atom is -0.478 e. The summed E-state index contributed by atoms with van der Waals surface area (Å²) >= 11 is 0. The zero-order valence-electron chi connectivity index (χ0n) is 22.3. The van der Waals surface area contributed by atoms with Crippen molar-refractivity contribution >= 4 is 28.5 Å². The molecule has 6 rings (SSSR count). The molecule has 2 aliphatic heterocycles. The van der Waals surface area contributed by atoms with Crippen molar-refractivity contribution in [2.75, 3.05) is 10.2 Å². The number of aromatic nitrogens is 4. The second kappa shape index (κ2) is 9.70. The number of hydrogen-bond donors (Lipinski definition) is 2. The predicted molar refractivity (Wildman–Crippen MR) is 149 cm³/mol. The molecule has 2 aromatic carbocycles. The maximum Gasteiger partial charge on any atom is 0.337 e. The first-order valence-electron chi connectivity index (χ1n) is 13.4. The second-order valence-corrected chi connectivity index (χ2v) is 10.9. The number of nitrogens with one attached hydrogen (secondary N) is 1. The van der Waals surface area contributed by atoms with Gasteiger partial charge in [0, 0.05) is 36.6 Å². The highest BCUT2D eigenvalue weighted by atomic mass is 16.4. The molecule has 2 N–H and O–H groups in total. The molecular formula is C30H31N7O2. The van der Waals surface area contributed by atoms with Gasteiger partial charge >= 0.3 is 5.97 Å². The molecule has 198 valence electrons. The Labute approximate surface area is 227 Å². The van der Waals surface area contributed by atoms with Gasteiger partial charge in [0.2, 0.25) is 0 Å². The van der Waals surface area contributed by atoms with Crippen LogP contribution in [0.2, 0.25) is 0 Å². The number of aromatic carboxylic acids is 1. The van der Waals surface area contributed by atoms with E-state index in [4.69, 9.17) is 9.97 Å². The first kappa shape index (κ1) is 24.9. The molecule has 4 heterocycles. The normalized spacial score (nSPS) is 21.1. The van der Waals surface area contributed by atoms with E-state index in [9.17, 15) is 15.2 Å². The van der Waals surface area contributed by atoms with Crippen LogP contribution in [0.15, 0.2) is 48.8 Å². The Kier molecular flexibility index (Phi) is 6.18. The van der Waals surface area contributed by atoms with Gasteiger partial charge in [-0.3, -0.25) is 4.68 Å². The third-order valence-corrected chi connectivity index (χ3v) is 8.20. The van der Waals surface area contributed by atoms with E-state index in [-0.39, 0.29) is 11.6 Å². The fraction of sp³-hybridized carbons (Fsp3) is 0.367. The van der Waals surface area contributed by atoms with Crippen molar-refractivity contribution in [1.29, 1.82) is 5.26 Å². The summed E-state index contributed by atoms with van der Waals surface area (Å²) in [5, 5.41) is 27.5. The van der Waals surface area contributed by atoms with E-state index in [1.807, 2.05) is 43.9 Å². The summed E-state index contributed by atoms with van der Waals surface area (Å²) in [7, 11) is 1.95. The van der Waals surface area contributed by atoms with Crippen LogP contribution in [0.3, 0.4) is 0 Å². The van der Waals surface area contributed by atoms with Crippen LogP contribution in [-0.4, -0.2) is 42.9 Å². The Hall–Kier alpha value is -4.45. The molecule has 0 amide bonds. The van der Waals surface area contributed by atoms with Gasteiger partial charge in [0.15, 0.2) is 11.5 Å². The van der Waals surface area contributed by atoms with Crippen molar-refractivity contribution < 1.29 is 9.90 Å². The molecule has 0 saturated carbocycles. The average molecular weight is 522 g/mol. The van der Waals surface area contributed by atoms with Gasteiger partial charge in [0.05, 0.1) is 28.8 Å². The van der Waals surface area contributed by atoms with Crippen LogP contribution in [0.5, 0.6) is 0 Å². The van der Waals surface area contributed by atoms with Crippen LogP contribution in [0.1, 0.15) is 77.3 Å². The van der Waals surface area contributed by atoms with Crippen LogP contribution in [0.25, 0.3) is 11.0 Å². The first-order valence-corrected chi connectivity index (χ1v) is 13.4. The Balaban J connectivity index is 1.39. The van der Waals surface area contributed by atoms with Gasteiger partial charge in [0.1, 0.15) is 6.07 Å². The molecule has 0 spiro atoms. The highest BCUT2D eigenvalue weighted by Gasteiger charge is 2.43. The van der Waals surface area contributed by atoms with E-state index in [0.29, 0.717) is 40.7 Å². The smallest absolute Gasteiger partial charge is 0.337 e. The number of carboxylic acid groups (broad SMARTS) is 1. The maximum absolute atomic E-state index is 11.8. The maximum atomic E-state index is 11.8. The SMILES string of the molecule is Cc1cc([C@@H](C)Nc2ccccc2C(=O)O)c2nc(N3C4CCC3CC(c3cnn(C)c3)C4)c(C#N)nc2c1. The van der Waals surface area contributed by atoms with Crippen LogP contribution in [0.4, 0.5) is 11.5 Å². The molecule has 2 unspecified atom stereocenters. The molecule has 2 fully saturated rings. The summed E-state index contributed by atoms with van der Waals surface area (Å²) in [6.07, 6.45) is 8.21. The van der Waals surface area contributed by atoms with Crippen LogP contribution in [-0.2, 0) is 7.05 Å². The highest BCUT2D eigenvalue weighted by molar-refractivity contribution is 5.94. The van der Waals surface area contributed by atoms with Gasteiger partial charge < -0.3 is 15.3 Å². The zero-order chi connectivity index (χ0) is 27.3. The van der Waals surface area contributed by atoms with E-state index in [1.54, 1.807) is 18.2 Å². The number of piperidine rings is 1. The van der Waals surface area contributed by atoms with E-state index in [0.717, 1.165) is 42.3 Å². The fourth-order valence-corrected chi connectivity index (χ4v) is 6.46. The third kappa shape index (κ3) is 4.46. The molecule has 3 atom stereocenters. The summed E-state index contributed by atoms with van der Waals surface area (Å²) in [5.74, 6) is 0.124. The fourth-order valence-electron chi connectivity index (χ4n) is 6.46. The molecule has 2 aliphatic rings. The highest BCUT2D eigenvalue weighted by Crippen LogP contribution is 2.45. The van der Waals surface area contributed by atoms with Crippen molar-refractivity contribution in [3.05, 3.63) is 76.7 Å². The van der Waals surface area contributed by atoms with E-state index in [2.05, 4.69) is 33.6 Å². The first-order chi connectivity index (χ1) is 18.8. The molecule has 4 aromatic rings. The lowest BCUT2D eigenvalue weighted by molar-refractivity contribution is 0.0698. The van der Waals surface area contributed by atoms with Crippen LogP contribution >= 0.6 is 0 Å². The largest absolute Gasteiger partial charge is 0.478 e. The lowest BCUT2D eigenvalue weighted by Crippen LogP contribution is -2.43. The second-order valence-electron chi connectivity index (χ2n) is 10.9. The number of benzene rings is 2. The van der Waals surface area contributed by atoms with E-state index in [1.165, 1.54) is 5.56 Å². The van der Waals surface area contributed by atoms with Crippen molar-refractivity contribution in [3.63, 3.8) is 0 Å². The molecule has 2 aromatic heterocycles. The zero-order valence-corrected chi connectivity index (χ0v) is 22.3. The molecule has 0 radical (unpaired) electrons. The van der Waals surface area contributed by atoms with Crippen LogP contribution < -0.4 is 10.2 Å². The molecule has 9 nitrogen and oxygen atoms in total. The van der Waals surface area contributed by atoms with Crippen molar-refractivity contribution in [1.82, 2.24) is 19.7 Å². The van der Waals surface area contributed by atoms with Crippen molar-refractivity contribution in [2.45, 2.75) is 63.6 Å². The number of rotatable bonds is 6. The molecule has 9 heteroatoms. The van der Waals surface area contributed by atoms with Gasteiger partial charge in [-0.15, -0.1) is 0 Å². The summed E-state index contributed by atoms with van der Waals surface area (Å²) in [6, 6.07) is 13.6. The number of anilines is 2. The summed E-state index contributed by atoms with van der Waals surface area (Å²) in [5.41, 5.74) is 5.71. The van der Waals surface area contributed by atoms with Crippen molar-refractivity contribution in [2.24, 2.45) is 7.05 Å². The number of hydrogen-bond acceptors (Lipinski definition) is 7. The third-order valence-electron chi connectivity index (χ3n) is 8.20. The Morgan fingerprint density at radius 1 is 1.18 bits per heavy atom. The van der Waals surface area contributed by atoms with Gasteiger partial charge in [-0.25, -0.2) is 14.8 Å². The Bertz CT molecular complexity index is 1610. The standard InChI is InChI=1S/C30H31N7O2/c1-17-10-24(18(2)33-25-7-5-4-6-23(25)30(38)39)28-26(11-17)34-27(14-31)29(35-28)37-21-8-9-22(37)13-19(12-21)20-15-32-36(3)16-20/h4-7,10-11,15-16,18-19,21-22,33H,8-9,12-13H2,1-3H3,(H,38,39)/t18-,19?,21?,22?/m1/s1. The van der Waals surface area contributed by atoms with E-state index >= 15 is 0 Å². The molecule has 2 bridgehead atoms. The van der Waals surface area contributed by atoms with Gasteiger partial charge in [-0.1, -0.05) is 18.2 Å². The number of fused-ring (bicyclic) bond motifs is 3. The lowest BCUT2D eigenvalue weighted by atomic mass is 9.86. The number of nitrogens with zero attached hydrogens (tertiary/aromatic N) is 6. The minimum absolute atomic E-state index is 0.216. The molecule has 2 saturated heterocycles. The monoisotopic (exact) mass is 521 g/mol. The summed E-state index contributed by atoms with van der Waals surface area (Å²) in [4.78, 5) is 24.1. The molecular weight excluding hydrogens is 490 g/mol. The number of carboxylic acids is 1. The number of carbonyl (C=O) groups is 1. The van der Waals surface area contributed by atoms with Gasteiger partial charge in [-0.05, 0) is 74.8 Å². The quantitative estimate of drug-likeness (QED) is 0.349. The van der Waals surface area contributed by atoms with Crippen molar-refractivity contribution in [3.8, 4) is 6.07 Å². The Morgan fingerprint density at radius 2 is 1.92 bits per heavy atom. The molecule has 0 aliphatic carbocycles. The average Bonchev–Trinajstić information content (AvgIpc) is 3.47. The Morgan fingerprint density at radius 3 is 2.59 bits per heavy atom. The minimum atomic E-state index is -0.981. The summed E-state index contributed by atoms with van der Waals surface area (Å²) in [6.45, 7) is 3.99. The van der Waals surface area contributed by atoms with Crippen LogP contribution in [0, 0.1) is 18.3 Å². The van der Waals surface area contributed by atoms with Gasteiger partial charge in [0.25, 0.3) is 0 Å². The van der Waals surface area contributed by atoms with E-state index < -0.39 is 5.97 Å². The lowest BCUT2D eigenvalue weighted by Gasteiger charge is -2.40. The number of nitriles is 1. The topological polar surface area (TPSA) is 120 Å². The predicted octanol–water partition coefficient (Wildman–Crippen LogP) is 5.33.